The molecule has 1 rings (SSSR count). The Labute approximate surface area is 213 Å². The second kappa shape index (κ2) is 15.2. The number of rotatable bonds is 17. The van der Waals surface area contributed by atoms with Crippen molar-refractivity contribution in [2.45, 2.75) is 76.5 Å². The summed E-state index contributed by atoms with van der Waals surface area (Å²) >= 11 is 0. The molecule has 1 aromatic rings. The first kappa shape index (κ1) is 31.0. The predicted octanol–water partition coefficient (Wildman–Crippen LogP) is -2.60. The number of aliphatic carboxylic acids is 1. The second-order valence-electron chi connectivity index (χ2n) is 8.72. The van der Waals surface area contributed by atoms with Crippen LogP contribution in [0.5, 0.6) is 0 Å². The normalized spacial score (nSPS) is 14.9. The molecule has 0 bridgehead atoms. The van der Waals surface area contributed by atoms with Crippen molar-refractivity contribution in [2.75, 3.05) is 0 Å². The molecule has 0 spiro atoms. The standard InChI is InChI=1S/C22H36N8O7/c1-3-11(2)18(25)21(35)29-14(5-7-17(24)32)19(33)28-13(4-6-16(23)31)20(34)30-15(22(36)37)8-12-9-26-10-27-12/h9-11,13-15,18H,3-8,25H2,1-2H3,(H2,23,31)(H2,24,32)(H,26,27)(H,28,33)(H,29,35)(H,30,34)(H,36,37). The molecule has 0 aliphatic rings. The van der Waals surface area contributed by atoms with Crippen molar-refractivity contribution in [2.24, 2.45) is 23.1 Å². The number of nitrogens with one attached hydrogen (secondary N) is 4. The molecule has 1 aromatic heterocycles. The fraction of sp³-hybridized carbons (Fsp3) is 0.591. The van der Waals surface area contributed by atoms with Crippen LogP contribution >= 0.6 is 0 Å². The van der Waals surface area contributed by atoms with E-state index in [0.717, 1.165) is 0 Å². The number of nitrogens with two attached hydrogens (primary N) is 3. The average molecular weight is 525 g/mol. The highest BCUT2D eigenvalue weighted by molar-refractivity contribution is 5.94. The molecule has 1 heterocycles. The Morgan fingerprint density at radius 1 is 0.919 bits per heavy atom. The van der Waals surface area contributed by atoms with Gasteiger partial charge in [-0.15, -0.1) is 0 Å². The number of carboxylic acids is 1. The number of amides is 5. The molecule has 15 nitrogen and oxygen atoms in total. The van der Waals surface area contributed by atoms with Crippen molar-refractivity contribution in [3.05, 3.63) is 18.2 Å². The van der Waals surface area contributed by atoms with Crippen molar-refractivity contribution >= 4 is 35.5 Å². The molecule has 15 heteroatoms. The minimum Gasteiger partial charge on any atom is -0.480 e. The van der Waals surface area contributed by atoms with Gasteiger partial charge in [0.25, 0.3) is 0 Å². The topological polar surface area (TPSA) is 265 Å². The molecule has 0 aliphatic heterocycles. The third-order valence-corrected chi connectivity index (χ3v) is 5.78. The largest absolute Gasteiger partial charge is 0.480 e. The molecule has 0 saturated carbocycles. The number of imidazole rings is 1. The molecule has 5 unspecified atom stereocenters. The van der Waals surface area contributed by atoms with Gasteiger partial charge in [0.05, 0.1) is 12.4 Å². The summed E-state index contributed by atoms with van der Waals surface area (Å²) in [6.07, 6.45) is 2.25. The third kappa shape index (κ3) is 11.1. The van der Waals surface area contributed by atoms with Gasteiger partial charge in [0.15, 0.2) is 0 Å². The summed E-state index contributed by atoms with van der Waals surface area (Å²) in [6, 6.07) is -4.96. The first-order valence-electron chi connectivity index (χ1n) is 11.8. The van der Waals surface area contributed by atoms with Gasteiger partial charge in [-0.05, 0) is 18.8 Å². The monoisotopic (exact) mass is 524 g/mol. The second-order valence-corrected chi connectivity index (χ2v) is 8.72. The van der Waals surface area contributed by atoms with Crippen molar-refractivity contribution in [1.29, 1.82) is 0 Å². The van der Waals surface area contributed by atoms with E-state index in [2.05, 4.69) is 25.9 Å². The van der Waals surface area contributed by atoms with E-state index in [1.165, 1.54) is 12.5 Å². The number of primary amides is 2. The van der Waals surface area contributed by atoms with E-state index >= 15 is 0 Å². The van der Waals surface area contributed by atoms with Crippen LogP contribution in [0.4, 0.5) is 0 Å². The Bertz CT molecular complexity index is 953. The number of hydrogen-bond donors (Lipinski definition) is 8. The van der Waals surface area contributed by atoms with Gasteiger partial charge >= 0.3 is 5.97 Å². The van der Waals surface area contributed by atoms with E-state index in [0.29, 0.717) is 12.1 Å². The minimum absolute atomic E-state index is 0.123. The molecule has 206 valence electrons. The predicted molar refractivity (Wildman–Crippen MR) is 130 cm³/mol. The maximum atomic E-state index is 13.0. The molecule has 0 aromatic carbocycles. The Morgan fingerprint density at radius 2 is 1.41 bits per heavy atom. The summed E-state index contributed by atoms with van der Waals surface area (Å²) in [5, 5.41) is 16.7. The van der Waals surface area contributed by atoms with Crippen LogP contribution in [-0.2, 0) is 35.2 Å². The zero-order valence-electron chi connectivity index (χ0n) is 20.9. The first-order chi connectivity index (χ1) is 17.3. The number of aromatic nitrogens is 2. The molecule has 11 N–H and O–H groups in total. The lowest BCUT2D eigenvalue weighted by Gasteiger charge is -2.26. The molecule has 0 aliphatic carbocycles. The van der Waals surface area contributed by atoms with Crippen molar-refractivity contribution < 1.29 is 33.9 Å². The Morgan fingerprint density at radius 3 is 1.81 bits per heavy atom. The van der Waals surface area contributed by atoms with Gasteiger partial charge in [-0.25, -0.2) is 9.78 Å². The Balaban J connectivity index is 3.05. The minimum atomic E-state index is -1.38. The van der Waals surface area contributed by atoms with E-state index in [-0.39, 0.29) is 38.0 Å². The van der Waals surface area contributed by atoms with E-state index in [4.69, 9.17) is 17.2 Å². The molecule has 5 amide bonds. The van der Waals surface area contributed by atoms with Crippen LogP contribution in [0.25, 0.3) is 0 Å². The van der Waals surface area contributed by atoms with Gasteiger partial charge in [0.1, 0.15) is 18.1 Å². The number of H-pyrrole nitrogens is 1. The molecule has 0 fully saturated rings. The molecule has 0 radical (unpaired) electrons. The van der Waals surface area contributed by atoms with Crippen molar-refractivity contribution in [3.63, 3.8) is 0 Å². The zero-order valence-corrected chi connectivity index (χ0v) is 20.9. The smallest absolute Gasteiger partial charge is 0.326 e. The third-order valence-electron chi connectivity index (χ3n) is 5.78. The Hall–Kier alpha value is -4.01. The lowest BCUT2D eigenvalue weighted by Crippen LogP contribution is -2.58. The highest BCUT2D eigenvalue weighted by Gasteiger charge is 2.31. The quantitative estimate of drug-likeness (QED) is 0.106. The summed E-state index contributed by atoms with van der Waals surface area (Å²) in [5.41, 5.74) is 16.7. The van der Waals surface area contributed by atoms with Gasteiger partial charge < -0.3 is 43.2 Å². The van der Waals surface area contributed by atoms with Crippen LogP contribution < -0.4 is 33.2 Å². The lowest BCUT2D eigenvalue weighted by atomic mass is 9.98. The van der Waals surface area contributed by atoms with E-state index in [1.807, 2.05) is 6.92 Å². The SMILES string of the molecule is CCC(C)C(N)C(=O)NC(CCC(N)=O)C(=O)NC(CCC(N)=O)C(=O)NC(Cc1cnc[nH]1)C(=O)O. The first-order valence-corrected chi connectivity index (χ1v) is 11.8. The van der Waals surface area contributed by atoms with Crippen LogP contribution in [0, 0.1) is 5.92 Å². The zero-order chi connectivity index (χ0) is 28.1. The van der Waals surface area contributed by atoms with Gasteiger partial charge in [-0.3, -0.25) is 24.0 Å². The van der Waals surface area contributed by atoms with Crippen LogP contribution in [-0.4, -0.2) is 74.7 Å². The molecule has 0 saturated heterocycles. The highest BCUT2D eigenvalue weighted by Crippen LogP contribution is 2.08. The number of nitrogens with zero attached hydrogens (tertiary/aromatic N) is 1. The molecular weight excluding hydrogens is 488 g/mol. The summed E-state index contributed by atoms with van der Waals surface area (Å²) < 4.78 is 0. The summed E-state index contributed by atoms with van der Waals surface area (Å²) in [7, 11) is 0. The van der Waals surface area contributed by atoms with Crippen molar-refractivity contribution in [1.82, 2.24) is 25.9 Å². The van der Waals surface area contributed by atoms with Gasteiger partial charge in [0.2, 0.25) is 29.5 Å². The summed E-state index contributed by atoms with van der Waals surface area (Å²) in [4.78, 5) is 79.4. The number of carbonyl (C=O) groups is 6. The number of carboxylic acid groups (broad SMARTS) is 1. The fourth-order valence-electron chi connectivity index (χ4n) is 3.25. The number of carbonyl (C=O) groups excluding carboxylic acids is 5. The number of aromatic amines is 1. The maximum Gasteiger partial charge on any atom is 0.326 e. The van der Waals surface area contributed by atoms with E-state index < -0.39 is 59.7 Å². The Kier molecular flexibility index (Phi) is 12.7. The van der Waals surface area contributed by atoms with E-state index in [1.54, 1.807) is 6.92 Å². The van der Waals surface area contributed by atoms with Crippen LogP contribution in [0.1, 0.15) is 51.6 Å². The molecular formula is C22H36N8O7. The fourth-order valence-corrected chi connectivity index (χ4v) is 3.25. The van der Waals surface area contributed by atoms with Gasteiger partial charge in [0, 0.05) is 31.2 Å². The number of hydrogen-bond acceptors (Lipinski definition) is 8. The van der Waals surface area contributed by atoms with Crippen LogP contribution in [0.3, 0.4) is 0 Å². The van der Waals surface area contributed by atoms with Crippen LogP contribution in [0.2, 0.25) is 0 Å². The molecule has 5 atom stereocenters. The summed E-state index contributed by atoms with van der Waals surface area (Å²) in [6.45, 7) is 3.60. The van der Waals surface area contributed by atoms with Gasteiger partial charge in [-0.2, -0.15) is 0 Å². The van der Waals surface area contributed by atoms with Crippen LogP contribution in [0.15, 0.2) is 12.5 Å². The average Bonchev–Trinajstić information content (AvgIpc) is 3.35. The van der Waals surface area contributed by atoms with Gasteiger partial charge in [-0.1, -0.05) is 20.3 Å². The molecule has 37 heavy (non-hydrogen) atoms. The van der Waals surface area contributed by atoms with E-state index in [9.17, 15) is 33.9 Å². The lowest BCUT2D eigenvalue weighted by molar-refractivity contribution is -0.142. The van der Waals surface area contributed by atoms with Crippen molar-refractivity contribution in [3.8, 4) is 0 Å². The maximum absolute atomic E-state index is 13.0. The summed E-state index contributed by atoms with van der Waals surface area (Å²) in [5.74, 6) is -5.39. The highest BCUT2D eigenvalue weighted by atomic mass is 16.4.